The lowest BCUT2D eigenvalue weighted by molar-refractivity contribution is -0.162. The Morgan fingerprint density at radius 3 is 2.29 bits per heavy atom. The van der Waals surface area contributed by atoms with Gasteiger partial charge in [0.1, 0.15) is 0 Å². The molecule has 11 heteroatoms. The molecule has 0 aliphatic heterocycles. The molecule has 0 fully saturated rings. The summed E-state index contributed by atoms with van der Waals surface area (Å²) in [6, 6.07) is 0. The highest BCUT2D eigenvalue weighted by atomic mass is 31.2. The number of esters is 1. The van der Waals surface area contributed by atoms with Gasteiger partial charge in [-0.3, -0.25) is 19.3 Å². The molecule has 0 radical (unpaired) electrons. The molecular weight excluding hydrogens is 261 g/mol. The molecule has 0 heterocycles. The maximum absolute atomic E-state index is 10.8. The molecule has 0 rings (SSSR count). The third-order valence-corrected chi connectivity index (χ3v) is 1.94. The Labute approximate surface area is 95.3 Å². The number of hydrogen-bond acceptors (Lipinski definition) is 7. The van der Waals surface area contributed by atoms with E-state index < -0.39 is 38.5 Å². The minimum atomic E-state index is -4.84. The zero-order chi connectivity index (χ0) is 13.6. The van der Waals surface area contributed by atoms with E-state index in [0.29, 0.717) is 0 Å². The quantitative estimate of drug-likeness (QED) is 0.158. The van der Waals surface area contributed by atoms with Crippen molar-refractivity contribution < 1.29 is 43.5 Å². The molecule has 100 valence electrons. The third kappa shape index (κ3) is 7.00. The molecule has 0 aromatic heterocycles. The molecule has 17 heavy (non-hydrogen) atoms. The van der Waals surface area contributed by atoms with Crippen LogP contribution in [0.25, 0.3) is 0 Å². The summed E-state index contributed by atoms with van der Waals surface area (Å²) in [6.45, 7) is 0.0342. The van der Waals surface area contributed by atoms with Crippen LogP contribution >= 0.6 is 7.82 Å². The van der Waals surface area contributed by atoms with Crippen molar-refractivity contribution in [3.05, 3.63) is 0 Å². The maximum Gasteiger partial charge on any atom is 0.469 e. The van der Waals surface area contributed by atoms with Crippen molar-refractivity contribution in [3.8, 4) is 0 Å². The Morgan fingerprint density at radius 1 is 1.41 bits per heavy atom. The summed E-state index contributed by atoms with van der Waals surface area (Å²) in [7, 11) is -4.84. The van der Waals surface area contributed by atoms with Gasteiger partial charge in [0.2, 0.25) is 0 Å². The van der Waals surface area contributed by atoms with E-state index in [1.807, 2.05) is 0 Å². The standard InChI is InChI=1S/C6H12NO9P/c1-3(8)16-4(2-15-17(12,13)14)5(9)6(10)7-11/h4-5,9,11H,2H2,1H3,(H,7,10)(H2,12,13,14)/t4-,5-/m1/s1. The lowest BCUT2D eigenvalue weighted by atomic mass is 10.2. The van der Waals surface area contributed by atoms with Crippen molar-refractivity contribution in [1.29, 1.82) is 0 Å². The monoisotopic (exact) mass is 273 g/mol. The Morgan fingerprint density at radius 2 is 1.94 bits per heavy atom. The molecule has 0 bridgehead atoms. The topological polar surface area (TPSA) is 163 Å². The number of ether oxygens (including phenoxy) is 1. The smallest absolute Gasteiger partial charge is 0.457 e. The molecule has 0 aromatic carbocycles. The highest BCUT2D eigenvalue weighted by Crippen LogP contribution is 2.36. The highest BCUT2D eigenvalue weighted by Gasteiger charge is 2.31. The summed E-state index contributed by atoms with van der Waals surface area (Å²) in [4.78, 5) is 38.2. The van der Waals surface area contributed by atoms with Crippen molar-refractivity contribution in [2.45, 2.75) is 19.1 Å². The minimum absolute atomic E-state index is 0.908. The van der Waals surface area contributed by atoms with Gasteiger partial charge in [0, 0.05) is 6.92 Å². The number of aliphatic hydroxyl groups excluding tert-OH is 1. The predicted octanol–water partition coefficient (Wildman–Crippen LogP) is -2.11. The summed E-state index contributed by atoms with van der Waals surface area (Å²) in [5.41, 5.74) is 1.09. The molecule has 0 aliphatic rings. The fraction of sp³-hybridized carbons (Fsp3) is 0.667. The summed E-state index contributed by atoms with van der Waals surface area (Å²) in [5.74, 6) is -2.22. The van der Waals surface area contributed by atoms with E-state index in [0.717, 1.165) is 12.4 Å². The van der Waals surface area contributed by atoms with Gasteiger partial charge in [0.15, 0.2) is 12.2 Å². The van der Waals surface area contributed by atoms with Crippen LogP contribution < -0.4 is 5.48 Å². The zero-order valence-corrected chi connectivity index (χ0v) is 9.53. The molecule has 0 aromatic rings. The molecule has 2 atom stereocenters. The van der Waals surface area contributed by atoms with Gasteiger partial charge in [0.05, 0.1) is 6.61 Å². The Bertz CT molecular complexity index is 325. The molecule has 0 aliphatic carbocycles. The van der Waals surface area contributed by atoms with Crippen molar-refractivity contribution in [2.75, 3.05) is 6.61 Å². The van der Waals surface area contributed by atoms with Crippen LogP contribution in [-0.2, 0) is 23.4 Å². The van der Waals surface area contributed by atoms with Crippen LogP contribution in [0.2, 0.25) is 0 Å². The first kappa shape index (κ1) is 16.0. The van der Waals surface area contributed by atoms with Crippen LogP contribution in [0.1, 0.15) is 6.92 Å². The fourth-order valence-corrected chi connectivity index (χ4v) is 1.15. The van der Waals surface area contributed by atoms with Gasteiger partial charge in [-0.05, 0) is 0 Å². The van der Waals surface area contributed by atoms with Crippen molar-refractivity contribution in [1.82, 2.24) is 5.48 Å². The van der Waals surface area contributed by atoms with Crippen LogP contribution in [0.15, 0.2) is 0 Å². The number of amides is 1. The normalized spacial score (nSPS) is 14.9. The average molecular weight is 273 g/mol. The van der Waals surface area contributed by atoms with Crippen molar-refractivity contribution in [3.63, 3.8) is 0 Å². The first-order chi connectivity index (χ1) is 7.67. The number of phosphoric ester groups is 1. The van der Waals surface area contributed by atoms with Crippen LogP contribution in [0, 0.1) is 0 Å². The lowest BCUT2D eigenvalue weighted by Crippen LogP contribution is -2.45. The van der Waals surface area contributed by atoms with E-state index in [2.05, 4.69) is 9.26 Å². The first-order valence-electron chi connectivity index (χ1n) is 4.16. The van der Waals surface area contributed by atoms with Crippen LogP contribution in [0.5, 0.6) is 0 Å². The Balaban J connectivity index is 4.58. The largest absolute Gasteiger partial charge is 0.469 e. The van der Waals surface area contributed by atoms with Crippen LogP contribution in [0.4, 0.5) is 0 Å². The summed E-state index contributed by atoms with van der Waals surface area (Å²) >= 11 is 0. The van der Waals surface area contributed by atoms with E-state index in [1.165, 1.54) is 0 Å². The van der Waals surface area contributed by atoms with Gasteiger partial charge in [-0.25, -0.2) is 10.0 Å². The predicted molar refractivity (Wildman–Crippen MR) is 49.5 cm³/mol. The average Bonchev–Trinajstić information content (AvgIpc) is 2.20. The van der Waals surface area contributed by atoms with E-state index in [4.69, 9.17) is 15.0 Å². The second kappa shape index (κ2) is 6.64. The molecule has 0 spiro atoms. The number of rotatable bonds is 6. The summed E-state index contributed by atoms with van der Waals surface area (Å²) in [5, 5.41) is 17.5. The van der Waals surface area contributed by atoms with Gasteiger partial charge in [0.25, 0.3) is 5.91 Å². The van der Waals surface area contributed by atoms with Gasteiger partial charge < -0.3 is 19.6 Å². The van der Waals surface area contributed by atoms with Gasteiger partial charge in [-0.2, -0.15) is 0 Å². The molecule has 0 saturated carbocycles. The maximum atomic E-state index is 10.8. The molecular formula is C6H12NO9P. The number of carbonyl (C=O) groups excluding carboxylic acids is 2. The first-order valence-corrected chi connectivity index (χ1v) is 5.69. The lowest BCUT2D eigenvalue weighted by Gasteiger charge is -2.20. The Kier molecular flexibility index (Phi) is 6.24. The van der Waals surface area contributed by atoms with Crippen molar-refractivity contribution >= 4 is 19.7 Å². The zero-order valence-electron chi connectivity index (χ0n) is 8.64. The number of phosphoric acid groups is 1. The number of aliphatic hydroxyl groups is 1. The number of nitrogens with one attached hydrogen (secondary N) is 1. The minimum Gasteiger partial charge on any atom is -0.457 e. The number of carbonyl (C=O) groups is 2. The SMILES string of the molecule is CC(=O)O[C@H](COP(=O)(O)O)[C@@H](O)C(=O)NO. The molecule has 1 amide bonds. The fourth-order valence-electron chi connectivity index (χ4n) is 0.808. The van der Waals surface area contributed by atoms with Crippen molar-refractivity contribution in [2.24, 2.45) is 0 Å². The molecule has 0 unspecified atom stereocenters. The van der Waals surface area contributed by atoms with Crippen LogP contribution in [-0.4, -0.2) is 50.8 Å². The number of hydrogen-bond donors (Lipinski definition) is 5. The molecule has 0 saturated heterocycles. The van der Waals surface area contributed by atoms with Gasteiger partial charge in [-0.15, -0.1) is 0 Å². The van der Waals surface area contributed by atoms with Gasteiger partial charge >= 0.3 is 13.8 Å². The van der Waals surface area contributed by atoms with E-state index in [1.54, 1.807) is 0 Å². The second-order valence-corrected chi connectivity index (χ2v) is 4.09. The van der Waals surface area contributed by atoms with Crippen LogP contribution in [0.3, 0.4) is 0 Å². The molecule has 5 N–H and O–H groups in total. The Hall–Kier alpha value is -1.03. The van der Waals surface area contributed by atoms with E-state index >= 15 is 0 Å². The third-order valence-electron chi connectivity index (χ3n) is 1.46. The summed E-state index contributed by atoms with van der Waals surface area (Å²) in [6.07, 6.45) is -3.69. The second-order valence-electron chi connectivity index (χ2n) is 2.86. The van der Waals surface area contributed by atoms with E-state index in [9.17, 15) is 19.3 Å². The van der Waals surface area contributed by atoms with E-state index in [-0.39, 0.29) is 0 Å². The summed E-state index contributed by atoms with van der Waals surface area (Å²) < 4.78 is 18.8. The number of hydroxylamine groups is 1. The highest BCUT2D eigenvalue weighted by molar-refractivity contribution is 7.46. The molecule has 10 nitrogen and oxygen atoms in total. The van der Waals surface area contributed by atoms with Gasteiger partial charge in [-0.1, -0.05) is 0 Å².